The number of nitrogens with zero attached hydrogens (tertiary/aromatic N) is 3. The van der Waals surface area contributed by atoms with E-state index in [1.165, 1.54) is 6.07 Å². The van der Waals surface area contributed by atoms with Crippen LogP contribution in [-0.4, -0.2) is 22.4 Å². The third-order valence-electron chi connectivity index (χ3n) is 5.27. The van der Waals surface area contributed by atoms with Crippen molar-refractivity contribution in [2.24, 2.45) is 0 Å². The fraction of sp³-hybridized carbons (Fsp3) is 0.192. The molecular formula is C26H24ClFN4O. The molecule has 1 N–H and O–H groups in total. The van der Waals surface area contributed by atoms with Gasteiger partial charge in [0, 0.05) is 36.3 Å². The molecule has 0 aliphatic heterocycles. The van der Waals surface area contributed by atoms with Crippen LogP contribution in [0.15, 0.2) is 72.8 Å². The number of amides is 1. The minimum Gasteiger partial charge on any atom is -0.351 e. The Balaban J connectivity index is 1.64. The van der Waals surface area contributed by atoms with E-state index in [1.54, 1.807) is 18.2 Å². The van der Waals surface area contributed by atoms with E-state index in [2.05, 4.69) is 15.2 Å². The second-order valence-electron chi connectivity index (χ2n) is 7.66. The SMILES string of the molecule is CCc1nc(N(CCC(=O)Nc2ccccc2F)Cc2ccccc2)c2ccc(Cl)cc2n1. The van der Waals surface area contributed by atoms with Crippen molar-refractivity contribution >= 4 is 39.9 Å². The predicted molar refractivity (Wildman–Crippen MR) is 131 cm³/mol. The molecule has 0 radical (unpaired) electrons. The zero-order chi connectivity index (χ0) is 23.2. The molecule has 4 rings (SSSR count). The van der Waals surface area contributed by atoms with Crippen molar-refractivity contribution in [3.8, 4) is 0 Å². The molecule has 168 valence electrons. The molecule has 7 heteroatoms. The number of fused-ring (bicyclic) bond motifs is 1. The van der Waals surface area contributed by atoms with E-state index in [9.17, 15) is 9.18 Å². The first-order chi connectivity index (χ1) is 16.0. The molecule has 0 unspecified atom stereocenters. The van der Waals surface area contributed by atoms with Gasteiger partial charge in [0.25, 0.3) is 0 Å². The third-order valence-corrected chi connectivity index (χ3v) is 5.51. The minimum atomic E-state index is -0.460. The van der Waals surface area contributed by atoms with E-state index in [4.69, 9.17) is 16.6 Å². The maximum Gasteiger partial charge on any atom is 0.226 e. The first kappa shape index (κ1) is 22.7. The second kappa shape index (κ2) is 10.4. The van der Waals surface area contributed by atoms with Crippen LogP contribution in [0.3, 0.4) is 0 Å². The first-order valence-corrected chi connectivity index (χ1v) is 11.2. The largest absolute Gasteiger partial charge is 0.351 e. The zero-order valence-corrected chi connectivity index (χ0v) is 19.0. The van der Waals surface area contributed by atoms with E-state index in [0.717, 1.165) is 22.3 Å². The normalized spacial score (nSPS) is 10.9. The Labute approximate surface area is 197 Å². The van der Waals surface area contributed by atoms with Gasteiger partial charge in [0.2, 0.25) is 5.91 Å². The maximum atomic E-state index is 13.9. The molecule has 0 aliphatic rings. The number of carbonyl (C=O) groups excluding carboxylic acids is 1. The molecule has 5 nitrogen and oxygen atoms in total. The molecule has 1 aromatic heterocycles. The highest BCUT2D eigenvalue weighted by Gasteiger charge is 2.17. The Bertz CT molecular complexity index is 1270. The highest BCUT2D eigenvalue weighted by Crippen LogP contribution is 2.28. The van der Waals surface area contributed by atoms with Gasteiger partial charge in [-0.2, -0.15) is 0 Å². The molecule has 0 fully saturated rings. The number of aromatic nitrogens is 2. The van der Waals surface area contributed by atoms with E-state index in [-0.39, 0.29) is 18.0 Å². The van der Waals surface area contributed by atoms with Gasteiger partial charge in [0.05, 0.1) is 11.2 Å². The summed E-state index contributed by atoms with van der Waals surface area (Å²) in [6.45, 7) is 2.96. The zero-order valence-electron chi connectivity index (χ0n) is 18.3. The van der Waals surface area contributed by atoms with Crippen LogP contribution in [0.25, 0.3) is 10.9 Å². The van der Waals surface area contributed by atoms with Crippen molar-refractivity contribution in [2.45, 2.75) is 26.3 Å². The van der Waals surface area contributed by atoms with E-state index in [1.807, 2.05) is 55.5 Å². The number of aryl methyl sites for hydroxylation is 1. The summed E-state index contributed by atoms with van der Waals surface area (Å²) in [5, 5.41) is 4.12. The number of carbonyl (C=O) groups is 1. The first-order valence-electron chi connectivity index (χ1n) is 10.8. The quantitative estimate of drug-likeness (QED) is 0.348. The van der Waals surface area contributed by atoms with Crippen molar-refractivity contribution < 1.29 is 9.18 Å². The molecule has 0 saturated heterocycles. The molecule has 0 spiro atoms. The molecule has 3 aromatic carbocycles. The Kier molecular flexibility index (Phi) is 7.15. The van der Waals surface area contributed by atoms with Gasteiger partial charge in [-0.05, 0) is 35.9 Å². The van der Waals surface area contributed by atoms with Crippen LogP contribution in [-0.2, 0) is 17.8 Å². The minimum absolute atomic E-state index is 0.168. The van der Waals surface area contributed by atoms with Gasteiger partial charge in [-0.25, -0.2) is 14.4 Å². The number of hydrogen-bond donors (Lipinski definition) is 1. The standard InChI is InChI=1S/C26H24ClFN4O/c1-2-24-29-23-16-19(27)12-13-20(23)26(31-24)32(17-18-8-4-3-5-9-18)15-14-25(33)30-22-11-7-6-10-21(22)28/h3-13,16H,2,14-15,17H2,1H3,(H,30,33). The lowest BCUT2D eigenvalue weighted by atomic mass is 10.1. The number of rotatable bonds is 8. The van der Waals surface area contributed by atoms with Crippen LogP contribution < -0.4 is 10.2 Å². The number of anilines is 2. The third kappa shape index (κ3) is 5.65. The van der Waals surface area contributed by atoms with Crippen LogP contribution in [0, 0.1) is 5.82 Å². The fourth-order valence-corrected chi connectivity index (χ4v) is 3.77. The highest BCUT2D eigenvalue weighted by atomic mass is 35.5. The molecule has 0 aliphatic carbocycles. The molecule has 1 heterocycles. The lowest BCUT2D eigenvalue weighted by Crippen LogP contribution is -2.29. The van der Waals surface area contributed by atoms with Gasteiger partial charge in [0.1, 0.15) is 17.5 Å². The number of benzene rings is 3. The van der Waals surface area contributed by atoms with Crippen molar-refractivity contribution in [1.82, 2.24) is 9.97 Å². The van der Waals surface area contributed by atoms with Gasteiger partial charge in [-0.1, -0.05) is 61.0 Å². The van der Waals surface area contributed by atoms with Crippen LogP contribution in [0.2, 0.25) is 5.02 Å². The van der Waals surface area contributed by atoms with Crippen LogP contribution in [0.1, 0.15) is 24.7 Å². The summed E-state index contributed by atoms with van der Waals surface area (Å²) in [4.78, 5) is 24.1. The van der Waals surface area contributed by atoms with Gasteiger partial charge in [-0.15, -0.1) is 0 Å². The van der Waals surface area contributed by atoms with Crippen molar-refractivity contribution in [3.05, 3.63) is 95.0 Å². The summed E-state index contributed by atoms with van der Waals surface area (Å²) >= 11 is 6.21. The average Bonchev–Trinajstić information content (AvgIpc) is 2.83. The van der Waals surface area contributed by atoms with Gasteiger partial charge in [0.15, 0.2) is 0 Å². The van der Waals surface area contributed by atoms with Crippen LogP contribution >= 0.6 is 11.6 Å². The van der Waals surface area contributed by atoms with Gasteiger partial charge >= 0.3 is 0 Å². The maximum absolute atomic E-state index is 13.9. The summed E-state index contributed by atoms with van der Waals surface area (Å²) in [6, 6.07) is 21.7. The predicted octanol–water partition coefficient (Wildman–Crippen LogP) is 6.02. The van der Waals surface area contributed by atoms with E-state index in [0.29, 0.717) is 30.4 Å². The average molecular weight is 463 g/mol. The molecular weight excluding hydrogens is 439 g/mol. The lowest BCUT2D eigenvalue weighted by molar-refractivity contribution is -0.116. The van der Waals surface area contributed by atoms with Gasteiger partial charge in [-0.3, -0.25) is 4.79 Å². The Morgan fingerprint density at radius 1 is 1.03 bits per heavy atom. The summed E-state index contributed by atoms with van der Waals surface area (Å²) < 4.78 is 13.9. The van der Waals surface area contributed by atoms with Crippen molar-refractivity contribution in [2.75, 3.05) is 16.8 Å². The number of halogens is 2. The number of nitrogens with one attached hydrogen (secondary N) is 1. The molecule has 0 atom stereocenters. The monoisotopic (exact) mass is 462 g/mol. The van der Waals surface area contributed by atoms with E-state index >= 15 is 0 Å². The molecule has 1 amide bonds. The Hall–Kier alpha value is -3.51. The second-order valence-corrected chi connectivity index (χ2v) is 8.10. The van der Waals surface area contributed by atoms with Crippen LogP contribution in [0.5, 0.6) is 0 Å². The highest BCUT2D eigenvalue weighted by molar-refractivity contribution is 6.31. The van der Waals surface area contributed by atoms with Crippen molar-refractivity contribution in [1.29, 1.82) is 0 Å². The van der Waals surface area contributed by atoms with Crippen molar-refractivity contribution in [3.63, 3.8) is 0 Å². The fourth-order valence-electron chi connectivity index (χ4n) is 3.61. The smallest absolute Gasteiger partial charge is 0.226 e. The Morgan fingerprint density at radius 3 is 2.55 bits per heavy atom. The van der Waals surface area contributed by atoms with E-state index < -0.39 is 5.82 Å². The summed E-state index contributed by atoms with van der Waals surface area (Å²) in [5.41, 5.74) is 2.02. The number of hydrogen-bond acceptors (Lipinski definition) is 4. The molecule has 33 heavy (non-hydrogen) atoms. The summed E-state index contributed by atoms with van der Waals surface area (Å²) in [7, 11) is 0. The number of para-hydroxylation sites is 1. The molecule has 0 saturated carbocycles. The lowest BCUT2D eigenvalue weighted by Gasteiger charge is -2.25. The molecule has 4 aromatic rings. The summed E-state index contributed by atoms with van der Waals surface area (Å²) in [6.07, 6.45) is 0.837. The topological polar surface area (TPSA) is 58.1 Å². The Morgan fingerprint density at radius 2 is 1.79 bits per heavy atom. The van der Waals surface area contributed by atoms with Crippen LogP contribution in [0.4, 0.5) is 15.9 Å². The summed E-state index contributed by atoms with van der Waals surface area (Å²) in [5.74, 6) is 0.721. The molecule has 0 bridgehead atoms. The van der Waals surface area contributed by atoms with Gasteiger partial charge < -0.3 is 10.2 Å².